The average molecular weight is 249 g/mol. The van der Waals surface area contributed by atoms with E-state index in [4.69, 9.17) is 4.74 Å². The highest BCUT2D eigenvalue weighted by Crippen LogP contribution is 2.24. The molecule has 18 heavy (non-hydrogen) atoms. The van der Waals surface area contributed by atoms with Gasteiger partial charge in [0.05, 0.1) is 6.10 Å². The van der Waals surface area contributed by atoms with Gasteiger partial charge in [0.15, 0.2) is 0 Å². The van der Waals surface area contributed by atoms with Crippen molar-refractivity contribution < 1.29 is 4.74 Å². The number of piperidine rings is 1. The number of ether oxygens (including phenoxy) is 1. The van der Waals surface area contributed by atoms with Crippen molar-refractivity contribution in [1.82, 2.24) is 9.97 Å². The molecule has 4 heteroatoms. The zero-order chi connectivity index (χ0) is 13.0. The van der Waals surface area contributed by atoms with Gasteiger partial charge < -0.3 is 9.64 Å². The fourth-order valence-corrected chi connectivity index (χ4v) is 2.46. The van der Waals surface area contributed by atoms with Crippen LogP contribution >= 0.6 is 0 Å². The van der Waals surface area contributed by atoms with Crippen molar-refractivity contribution in [2.24, 2.45) is 5.92 Å². The van der Waals surface area contributed by atoms with E-state index in [0.717, 1.165) is 38.3 Å². The quantitative estimate of drug-likeness (QED) is 0.820. The highest BCUT2D eigenvalue weighted by Gasteiger charge is 2.24. The average Bonchev–Trinajstić information content (AvgIpc) is 2.47. The number of methoxy groups -OCH3 is 1. The van der Waals surface area contributed by atoms with Crippen LogP contribution in [-0.4, -0.2) is 36.3 Å². The Bertz CT molecular complexity index is 358. The second-order valence-electron chi connectivity index (χ2n) is 5.01. The van der Waals surface area contributed by atoms with Gasteiger partial charge >= 0.3 is 0 Å². The molecule has 1 saturated heterocycles. The third kappa shape index (κ3) is 2.99. The van der Waals surface area contributed by atoms with Gasteiger partial charge in [-0.15, -0.1) is 0 Å². The van der Waals surface area contributed by atoms with E-state index in [2.05, 4.69) is 28.7 Å². The lowest BCUT2D eigenvalue weighted by atomic mass is 9.92. The molecule has 0 bridgehead atoms. The number of rotatable bonds is 4. The molecule has 1 aromatic heterocycles. The molecule has 0 radical (unpaired) electrons. The minimum absolute atomic E-state index is 0.357. The van der Waals surface area contributed by atoms with E-state index >= 15 is 0 Å². The van der Waals surface area contributed by atoms with Crippen LogP contribution in [0.1, 0.15) is 32.3 Å². The number of hydrogen-bond acceptors (Lipinski definition) is 4. The first-order chi connectivity index (χ1) is 8.74. The minimum atomic E-state index is 0.357. The normalized spacial score (nSPS) is 18.9. The van der Waals surface area contributed by atoms with Crippen LogP contribution < -0.4 is 4.90 Å². The van der Waals surface area contributed by atoms with Crippen molar-refractivity contribution in [2.45, 2.75) is 39.2 Å². The Morgan fingerprint density at radius 2 is 1.94 bits per heavy atom. The molecule has 1 aliphatic rings. The Morgan fingerprint density at radius 3 is 2.44 bits per heavy atom. The van der Waals surface area contributed by atoms with E-state index in [9.17, 15) is 0 Å². The topological polar surface area (TPSA) is 38.2 Å². The van der Waals surface area contributed by atoms with Crippen molar-refractivity contribution in [3.05, 3.63) is 18.0 Å². The lowest BCUT2D eigenvalue weighted by Gasteiger charge is -2.34. The minimum Gasteiger partial charge on any atom is -0.381 e. The third-order valence-corrected chi connectivity index (χ3v) is 3.96. The Balaban J connectivity index is 1.92. The Kier molecular flexibility index (Phi) is 4.53. The summed E-state index contributed by atoms with van der Waals surface area (Å²) in [5, 5.41) is 0. The second-order valence-corrected chi connectivity index (χ2v) is 5.01. The Morgan fingerprint density at radius 1 is 1.33 bits per heavy atom. The summed E-state index contributed by atoms with van der Waals surface area (Å²) in [6, 6.07) is 0. The van der Waals surface area contributed by atoms with Gasteiger partial charge in [-0.05, 0) is 37.7 Å². The van der Waals surface area contributed by atoms with Crippen LogP contribution in [0.2, 0.25) is 0 Å². The molecule has 1 aromatic rings. The predicted molar refractivity (Wildman–Crippen MR) is 72.8 cm³/mol. The van der Waals surface area contributed by atoms with Crippen LogP contribution in [0, 0.1) is 5.92 Å². The summed E-state index contributed by atoms with van der Waals surface area (Å²) in [5.74, 6) is 1.54. The van der Waals surface area contributed by atoms with E-state index < -0.39 is 0 Å². The maximum atomic E-state index is 5.41. The summed E-state index contributed by atoms with van der Waals surface area (Å²) >= 11 is 0. The maximum absolute atomic E-state index is 5.41. The van der Waals surface area contributed by atoms with Gasteiger partial charge in [-0.3, -0.25) is 0 Å². The number of nitrogens with zero attached hydrogens (tertiary/aromatic N) is 3. The molecule has 0 aromatic carbocycles. The largest absolute Gasteiger partial charge is 0.381 e. The zero-order valence-electron chi connectivity index (χ0n) is 11.6. The van der Waals surface area contributed by atoms with E-state index in [1.807, 2.05) is 12.4 Å². The number of anilines is 1. The highest BCUT2D eigenvalue weighted by molar-refractivity contribution is 5.30. The summed E-state index contributed by atoms with van der Waals surface area (Å²) in [6.07, 6.45) is 7.55. The molecule has 2 rings (SSSR count). The fourth-order valence-electron chi connectivity index (χ4n) is 2.46. The van der Waals surface area contributed by atoms with Gasteiger partial charge in [-0.2, -0.15) is 0 Å². The van der Waals surface area contributed by atoms with Crippen molar-refractivity contribution in [1.29, 1.82) is 0 Å². The molecule has 1 aliphatic heterocycles. The van der Waals surface area contributed by atoms with Crippen molar-refractivity contribution in [3.8, 4) is 0 Å². The van der Waals surface area contributed by atoms with Crippen LogP contribution in [0.3, 0.4) is 0 Å². The third-order valence-electron chi connectivity index (χ3n) is 3.96. The summed E-state index contributed by atoms with van der Waals surface area (Å²) in [4.78, 5) is 11.2. The zero-order valence-corrected chi connectivity index (χ0v) is 11.6. The smallest absolute Gasteiger partial charge is 0.225 e. The van der Waals surface area contributed by atoms with Crippen molar-refractivity contribution >= 4 is 5.95 Å². The SMILES string of the molecule is CCc1cnc(N2CCC(C(C)OC)CC2)nc1. The molecule has 2 heterocycles. The lowest BCUT2D eigenvalue weighted by Crippen LogP contribution is -2.38. The molecule has 0 saturated carbocycles. The van der Waals surface area contributed by atoms with Gasteiger partial charge in [0.2, 0.25) is 5.95 Å². The Labute approximate surface area is 109 Å². The van der Waals surface area contributed by atoms with Crippen LogP contribution in [0.15, 0.2) is 12.4 Å². The molecule has 4 nitrogen and oxygen atoms in total. The summed E-state index contributed by atoms with van der Waals surface area (Å²) in [5.41, 5.74) is 1.20. The van der Waals surface area contributed by atoms with E-state index in [0.29, 0.717) is 12.0 Å². The molecule has 0 aliphatic carbocycles. The van der Waals surface area contributed by atoms with Gasteiger partial charge in [-0.25, -0.2) is 9.97 Å². The predicted octanol–water partition coefficient (Wildman–Crippen LogP) is 2.29. The molecule has 1 fully saturated rings. The monoisotopic (exact) mass is 249 g/mol. The highest BCUT2D eigenvalue weighted by atomic mass is 16.5. The standard InChI is InChI=1S/C14H23N3O/c1-4-12-9-15-14(16-10-12)17-7-5-13(6-8-17)11(2)18-3/h9-11,13H,4-8H2,1-3H3. The van der Waals surface area contributed by atoms with E-state index in [1.54, 1.807) is 7.11 Å². The molecular formula is C14H23N3O. The molecule has 0 spiro atoms. The van der Waals surface area contributed by atoms with Gasteiger partial charge in [-0.1, -0.05) is 6.92 Å². The molecular weight excluding hydrogens is 226 g/mol. The fraction of sp³-hybridized carbons (Fsp3) is 0.714. The molecule has 1 unspecified atom stereocenters. The van der Waals surface area contributed by atoms with Crippen LogP contribution in [-0.2, 0) is 11.2 Å². The molecule has 0 N–H and O–H groups in total. The molecule has 0 amide bonds. The number of aryl methyl sites for hydroxylation is 1. The van der Waals surface area contributed by atoms with Crippen molar-refractivity contribution in [3.63, 3.8) is 0 Å². The first-order valence-electron chi connectivity index (χ1n) is 6.83. The van der Waals surface area contributed by atoms with E-state index in [1.165, 1.54) is 5.56 Å². The van der Waals surface area contributed by atoms with Gasteiger partial charge in [0.1, 0.15) is 0 Å². The molecule has 1 atom stereocenters. The first-order valence-corrected chi connectivity index (χ1v) is 6.83. The Hall–Kier alpha value is -1.16. The van der Waals surface area contributed by atoms with Crippen molar-refractivity contribution in [2.75, 3.05) is 25.1 Å². The van der Waals surface area contributed by atoms with Crippen LogP contribution in [0.5, 0.6) is 0 Å². The van der Waals surface area contributed by atoms with Gasteiger partial charge in [0, 0.05) is 32.6 Å². The lowest BCUT2D eigenvalue weighted by molar-refractivity contribution is 0.0563. The maximum Gasteiger partial charge on any atom is 0.225 e. The number of aromatic nitrogens is 2. The first kappa shape index (κ1) is 13.3. The van der Waals surface area contributed by atoms with E-state index in [-0.39, 0.29) is 0 Å². The van der Waals surface area contributed by atoms with Crippen LogP contribution in [0.4, 0.5) is 5.95 Å². The number of hydrogen-bond donors (Lipinski definition) is 0. The van der Waals surface area contributed by atoms with Crippen LogP contribution in [0.25, 0.3) is 0 Å². The summed E-state index contributed by atoms with van der Waals surface area (Å²) < 4.78 is 5.41. The molecule has 100 valence electrons. The van der Waals surface area contributed by atoms with Gasteiger partial charge in [0.25, 0.3) is 0 Å². The summed E-state index contributed by atoms with van der Waals surface area (Å²) in [6.45, 7) is 6.34. The summed E-state index contributed by atoms with van der Waals surface area (Å²) in [7, 11) is 1.80. The second kappa shape index (κ2) is 6.14.